The Kier molecular flexibility index (Phi) is 4.16. The van der Waals surface area contributed by atoms with Gasteiger partial charge in [0.1, 0.15) is 5.75 Å². The number of nitrogens with two attached hydrogens (primary N) is 1. The van der Waals surface area contributed by atoms with Crippen LogP contribution in [0.1, 0.15) is 6.42 Å². The number of nitrogens with zero attached hydrogens (tertiary/aromatic N) is 1. The van der Waals surface area contributed by atoms with Crippen molar-refractivity contribution in [2.24, 2.45) is 5.92 Å². The van der Waals surface area contributed by atoms with Gasteiger partial charge < -0.3 is 20.1 Å². The average Bonchev–Trinajstić information content (AvgIpc) is 2.78. The van der Waals surface area contributed by atoms with E-state index in [1.807, 2.05) is 0 Å². The molecule has 1 aromatic carbocycles. The van der Waals surface area contributed by atoms with E-state index in [4.69, 9.17) is 5.73 Å². The average molecular weight is 318 g/mol. The molecule has 1 aromatic rings. The van der Waals surface area contributed by atoms with Crippen LogP contribution in [0.3, 0.4) is 0 Å². The minimum Gasteiger partial charge on any atom is -0.469 e. The van der Waals surface area contributed by atoms with Crippen LogP contribution in [-0.4, -0.2) is 31.9 Å². The Hall–Kier alpha value is -2.45. The fraction of sp³-hybridized carbons (Fsp3) is 0.385. The lowest BCUT2D eigenvalue weighted by molar-refractivity contribution is -0.274. The van der Waals surface area contributed by atoms with Crippen LogP contribution in [0.25, 0.3) is 0 Å². The first kappa shape index (κ1) is 15.9. The molecule has 1 atom stereocenters. The highest BCUT2D eigenvalue weighted by Crippen LogP contribution is 2.34. The number of nitrogen functional groups attached to an aromatic ring is 1. The summed E-state index contributed by atoms with van der Waals surface area (Å²) in [5.41, 5.74) is 5.85. The van der Waals surface area contributed by atoms with Gasteiger partial charge in [0.15, 0.2) is 0 Å². The zero-order valence-corrected chi connectivity index (χ0v) is 11.5. The van der Waals surface area contributed by atoms with Gasteiger partial charge in [0.2, 0.25) is 5.91 Å². The summed E-state index contributed by atoms with van der Waals surface area (Å²) in [6.45, 7) is 0.0647. The fourth-order valence-corrected chi connectivity index (χ4v) is 2.24. The number of ether oxygens (including phenoxy) is 2. The van der Waals surface area contributed by atoms with Crippen molar-refractivity contribution < 1.29 is 32.2 Å². The van der Waals surface area contributed by atoms with Gasteiger partial charge in [0, 0.05) is 19.0 Å². The van der Waals surface area contributed by atoms with Crippen LogP contribution in [0.15, 0.2) is 18.2 Å². The molecular formula is C13H13F3N2O4. The lowest BCUT2D eigenvalue weighted by Crippen LogP contribution is -2.27. The summed E-state index contributed by atoms with van der Waals surface area (Å²) < 4.78 is 44.7. The van der Waals surface area contributed by atoms with Gasteiger partial charge in [-0.1, -0.05) is 0 Å². The highest BCUT2D eigenvalue weighted by molar-refractivity contribution is 6.01. The highest BCUT2D eigenvalue weighted by atomic mass is 19.4. The first-order chi connectivity index (χ1) is 10.2. The molecule has 0 radical (unpaired) electrons. The third-order valence-electron chi connectivity index (χ3n) is 3.18. The van der Waals surface area contributed by atoms with Gasteiger partial charge in [-0.3, -0.25) is 9.59 Å². The summed E-state index contributed by atoms with van der Waals surface area (Å²) in [4.78, 5) is 24.6. The van der Waals surface area contributed by atoms with Gasteiger partial charge in [0.25, 0.3) is 0 Å². The number of benzene rings is 1. The number of methoxy groups -OCH3 is 1. The molecule has 2 rings (SSSR count). The Bertz CT molecular complexity index is 603. The maximum absolute atomic E-state index is 12.1. The van der Waals surface area contributed by atoms with E-state index in [1.165, 1.54) is 18.1 Å². The van der Waals surface area contributed by atoms with E-state index >= 15 is 0 Å². The van der Waals surface area contributed by atoms with Crippen LogP contribution in [-0.2, 0) is 14.3 Å². The SMILES string of the molecule is COC(=O)C1CC(=O)N(c2ccc(OC(F)(F)F)cc2N)C1. The second-order valence-corrected chi connectivity index (χ2v) is 4.70. The van der Waals surface area contributed by atoms with Crippen molar-refractivity contribution >= 4 is 23.3 Å². The van der Waals surface area contributed by atoms with Crippen LogP contribution >= 0.6 is 0 Å². The predicted octanol–water partition coefficient (Wildman–Crippen LogP) is 1.69. The number of hydrogen-bond donors (Lipinski definition) is 1. The van der Waals surface area contributed by atoms with Crippen molar-refractivity contribution in [1.82, 2.24) is 0 Å². The first-order valence-electron chi connectivity index (χ1n) is 6.24. The number of esters is 1. The molecule has 0 aromatic heterocycles. The van der Waals surface area contributed by atoms with Crippen LogP contribution < -0.4 is 15.4 Å². The summed E-state index contributed by atoms with van der Waals surface area (Å²) in [5, 5.41) is 0. The smallest absolute Gasteiger partial charge is 0.469 e. The Labute approximate surface area is 123 Å². The summed E-state index contributed by atoms with van der Waals surface area (Å²) in [6.07, 6.45) is -4.86. The number of hydrogen-bond acceptors (Lipinski definition) is 5. The van der Waals surface area contributed by atoms with Crippen molar-refractivity contribution in [3.05, 3.63) is 18.2 Å². The van der Waals surface area contributed by atoms with E-state index in [1.54, 1.807) is 0 Å². The highest BCUT2D eigenvalue weighted by Gasteiger charge is 2.37. The summed E-state index contributed by atoms with van der Waals surface area (Å²) in [5.74, 6) is -1.98. The van der Waals surface area contributed by atoms with Crippen LogP contribution in [0.5, 0.6) is 5.75 Å². The molecule has 2 N–H and O–H groups in total. The molecule has 22 heavy (non-hydrogen) atoms. The lowest BCUT2D eigenvalue weighted by Gasteiger charge is -2.19. The van der Waals surface area contributed by atoms with Gasteiger partial charge in [0.05, 0.1) is 24.4 Å². The van der Waals surface area contributed by atoms with E-state index in [0.29, 0.717) is 0 Å². The molecule has 1 amide bonds. The number of halogens is 3. The van der Waals surface area contributed by atoms with E-state index in [9.17, 15) is 22.8 Å². The monoisotopic (exact) mass is 318 g/mol. The number of amides is 1. The van der Waals surface area contributed by atoms with Crippen molar-refractivity contribution in [2.75, 3.05) is 24.3 Å². The van der Waals surface area contributed by atoms with Crippen molar-refractivity contribution in [3.8, 4) is 5.75 Å². The molecule has 0 aliphatic carbocycles. The minimum absolute atomic E-state index is 0.0348. The van der Waals surface area contributed by atoms with Crippen molar-refractivity contribution in [3.63, 3.8) is 0 Å². The zero-order valence-electron chi connectivity index (χ0n) is 11.5. The lowest BCUT2D eigenvalue weighted by atomic mass is 10.1. The molecule has 6 nitrogen and oxygen atoms in total. The number of alkyl halides is 3. The molecule has 9 heteroatoms. The fourth-order valence-electron chi connectivity index (χ4n) is 2.24. The van der Waals surface area contributed by atoms with E-state index in [-0.39, 0.29) is 30.2 Å². The van der Waals surface area contributed by atoms with E-state index in [2.05, 4.69) is 9.47 Å². The van der Waals surface area contributed by atoms with Gasteiger partial charge >= 0.3 is 12.3 Å². The molecule has 1 heterocycles. The Balaban J connectivity index is 2.19. The van der Waals surface area contributed by atoms with Gasteiger partial charge in [-0.15, -0.1) is 13.2 Å². The summed E-state index contributed by atoms with van der Waals surface area (Å²) in [6, 6.07) is 3.27. The van der Waals surface area contributed by atoms with E-state index < -0.39 is 24.0 Å². The number of anilines is 2. The third-order valence-corrected chi connectivity index (χ3v) is 3.18. The Morgan fingerprint density at radius 1 is 1.41 bits per heavy atom. The largest absolute Gasteiger partial charge is 0.573 e. The molecule has 1 aliphatic heterocycles. The predicted molar refractivity (Wildman–Crippen MR) is 70.0 cm³/mol. The van der Waals surface area contributed by atoms with Crippen molar-refractivity contribution in [2.45, 2.75) is 12.8 Å². The Morgan fingerprint density at radius 2 is 2.09 bits per heavy atom. The Morgan fingerprint density at radius 3 is 2.64 bits per heavy atom. The topological polar surface area (TPSA) is 81.9 Å². The van der Waals surface area contributed by atoms with Crippen molar-refractivity contribution in [1.29, 1.82) is 0 Å². The molecular weight excluding hydrogens is 305 g/mol. The van der Waals surface area contributed by atoms with E-state index in [0.717, 1.165) is 12.1 Å². The number of carbonyl (C=O) groups excluding carboxylic acids is 2. The van der Waals surface area contributed by atoms with Crippen LogP contribution in [0.2, 0.25) is 0 Å². The zero-order chi connectivity index (χ0) is 16.5. The maximum atomic E-state index is 12.1. The number of rotatable bonds is 3. The van der Waals surface area contributed by atoms with Gasteiger partial charge in [-0.25, -0.2) is 0 Å². The minimum atomic E-state index is -4.83. The van der Waals surface area contributed by atoms with Crippen LogP contribution in [0, 0.1) is 5.92 Å². The molecule has 120 valence electrons. The molecule has 0 bridgehead atoms. The molecule has 1 saturated heterocycles. The molecule has 0 spiro atoms. The second-order valence-electron chi connectivity index (χ2n) is 4.70. The van der Waals surface area contributed by atoms with Gasteiger partial charge in [-0.05, 0) is 12.1 Å². The molecule has 1 fully saturated rings. The summed E-state index contributed by atoms with van der Waals surface area (Å²) >= 11 is 0. The standard InChI is InChI=1S/C13H13F3N2O4/c1-21-12(20)7-4-11(19)18(6-7)10-3-2-8(5-9(10)17)22-13(14,15)16/h2-3,5,7H,4,6,17H2,1H3. The van der Waals surface area contributed by atoms with Crippen LogP contribution in [0.4, 0.5) is 24.5 Å². The second kappa shape index (κ2) is 5.74. The molecule has 0 saturated carbocycles. The normalized spacial score (nSPS) is 18.5. The van der Waals surface area contributed by atoms with Gasteiger partial charge in [-0.2, -0.15) is 0 Å². The summed E-state index contributed by atoms with van der Waals surface area (Å²) in [7, 11) is 1.22. The molecule has 1 unspecified atom stereocenters. The maximum Gasteiger partial charge on any atom is 0.573 e. The number of carbonyl (C=O) groups is 2. The molecule has 1 aliphatic rings. The quantitative estimate of drug-likeness (QED) is 0.677. The third kappa shape index (κ3) is 3.41. The first-order valence-corrected chi connectivity index (χ1v) is 6.24.